The van der Waals surface area contributed by atoms with Crippen LogP contribution >= 0.6 is 0 Å². The van der Waals surface area contributed by atoms with Gasteiger partial charge in [0.05, 0.1) is 0 Å². The quantitative estimate of drug-likeness (QED) is 0.478. The Kier molecular flexibility index (Phi) is 4.66. The topological polar surface area (TPSA) is 146 Å². The number of carbonyl (C=O) groups is 1. The molecular weight excluding hydrogens is 350 g/mol. The fourth-order valence-corrected chi connectivity index (χ4v) is 3.62. The molecule has 27 heavy (non-hydrogen) atoms. The molecule has 0 spiro atoms. The van der Waals surface area contributed by atoms with Gasteiger partial charge in [-0.1, -0.05) is 25.9 Å². The largest absolute Gasteiger partial charge is 0.342 e. The number of aromatic nitrogens is 5. The third-order valence-electron chi connectivity index (χ3n) is 5.13. The Morgan fingerprint density at radius 1 is 1.37 bits per heavy atom. The summed E-state index contributed by atoms with van der Waals surface area (Å²) >= 11 is 0. The molecule has 0 bridgehead atoms. The lowest BCUT2D eigenvalue weighted by Gasteiger charge is -2.31. The molecule has 2 aromatic rings. The van der Waals surface area contributed by atoms with Crippen molar-refractivity contribution in [3.8, 4) is 11.6 Å². The fourth-order valence-electron chi connectivity index (χ4n) is 3.62. The van der Waals surface area contributed by atoms with Crippen molar-refractivity contribution in [1.29, 1.82) is 0 Å². The number of amides is 1. The minimum absolute atomic E-state index is 0.0851. The van der Waals surface area contributed by atoms with Crippen LogP contribution in [0, 0.1) is 11.3 Å². The van der Waals surface area contributed by atoms with Crippen LogP contribution in [0.4, 0.5) is 0 Å². The standard InChI is InChI=1S/C16H25N9O2/c1-16(2,3)11(15-21-13(25-27-15)12-18-7-19-24-12)20-14(26)10-8-6-17-5-4-9(8)22-23-10/h7-11,17,22-23H,4-6H2,1-3H3,(H,20,26)(H,18,19,24). The Hall–Kier alpha value is -2.37. The summed E-state index contributed by atoms with van der Waals surface area (Å²) in [7, 11) is 0. The van der Waals surface area contributed by atoms with Crippen molar-refractivity contribution < 1.29 is 9.32 Å². The maximum Gasteiger partial charge on any atom is 0.250 e. The number of hydrazine groups is 1. The van der Waals surface area contributed by atoms with Crippen molar-refractivity contribution in [2.24, 2.45) is 11.3 Å². The number of nitrogens with zero attached hydrogens (tertiary/aromatic N) is 4. The highest BCUT2D eigenvalue weighted by Crippen LogP contribution is 2.33. The van der Waals surface area contributed by atoms with Crippen LogP contribution in [0.5, 0.6) is 0 Å². The monoisotopic (exact) mass is 375 g/mol. The van der Waals surface area contributed by atoms with E-state index in [9.17, 15) is 4.79 Å². The van der Waals surface area contributed by atoms with Crippen LogP contribution in [0.1, 0.15) is 39.1 Å². The van der Waals surface area contributed by atoms with Gasteiger partial charge in [-0.05, 0) is 18.4 Å². The van der Waals surface area contributed by atoms with Crippen molar-refractivity contribution in [2.75, 3.05) is 13.1 Å². The third kappa shape index (κ3) is 3.57. The first-order valence-corrected chi connectivity index (χ1v) is 9.15. The van der Waals surface area contributed by atoms with Gasteiger partial charge in [-0.25, -0.2) is 10.4 Å². The van der Waals surface area contributed by atoms with Crippen molar-refractivity contribution in [1.82, 2.24) is 46.8 Å². The number of hydrogen-bond donors (Lipinski definition) is 5. The first-order valence-electron chi connectivity index (χ1n) is 9.15. The summed E-state index contributed by atoms with van der Waals surface area (Å²) in [4.78, 5) is 21.4. The maximum atomic E-state index is 13.0. The predicted molar refractivity (Wildman–Crippen MR) is 94.8 cm³/mol. The minimum atomic E-state index is -0.438. The Balaban J connectivity index is 1.52. The van der Waals surface area contributed by atoms with E-state index in [-0.39, 0.29) is 23.3 Å². The molecule has 2 saturated heterocycles. The number of hydrogen-bond acceptors (Lipinski definition) is 9. The van der Waals surface area contributed by atoms with Gasteiger partial charge in [0.25, 0.3) is 0 Å². The third-order valence-corrected chi connectivity index (χ3v) is 5.13. The van der Waals surface area contributed by atoms with Crippen LogP contribution in [0.3, 0.4) is 0 Å². The molecule has 2 aliphatic rings. The molecule has 11 heteroatoms. The van der Waals surface area contributed by atoms with Gasteiger partial charge in [0.2, 0.25) is 17.6 Å². The van der Waals surface area contributed by atoms with E-state index in [1.165, 1.54) is 6.33 Å². The van der Waals surface area contributed by atoms with Gasteiger partial charge in [-0.3, -0.25) is 15.3 Å². The summed E-state index contributed by atoms with van der Waals surface area (Å²) in [6.45, 7) is 7.81. The number of piperidine rings is 1. The molecule has 11 nitrogen and oxygen atoms in total. The van der Waals surface area contributed by atoms with Crippen LogP contribution in [0.15, 0.2) is 10.9 Å². The van der Waals surface area contributed by atoms with E-state index in [2.05, 4.69) is 46.8 Å². The first-order chi connectivity index (χ1) is 12.9. The van der Waals surface area contributed by atoms with Crippen molar-refractivity contribution in [2.45, 2.75) is 45.3 Å². The summed E-state index contributed by atoms with van der Waals surface area (Å²) < 4.78 is 5.44. The van der Waals surface area contributed by atoms with E-state index in [1.807, 2.05) is 20.8 Å². The molecule has 0 saturated carbocycles. The molecule has 2 fully saturated rings. The van der Waals surface area contributed by atoms with E-state index < -0.39 is 6.04 Å². The molecule has 4 rings (SSSR count). The van der Waals surface area contributed by atoms with Crippen molar-refractivity contribution in [3.05, 3.63) is 12.2 Å². The first kappa shape index (κ1) is 18.0. The van der Waals surface area contributed by atoms with E-state index in [0.29, 0.717) is 23.6 Å². The molecular formula is C16H25N9O2. The molecule has 4 heterocycles. The van der Waals surface area contributed by atoms with E-state index in [1.54, 1.807) is 0 Å². The van der Waals surface area contributed by atoms with Gasteiger partial charge in [-0.15, -0.1) is 0 Å². The lowest BCUT2D eigenvalue weighted by atomic mass is 9.85. The molecule has 2 aromatic heterocycles. The Labute approximate surface area is 156 Å². The van der Waals surface area contributed by atoms with Crippen LogP contribution in [0.25, 0.3) is 11.6 Å². The zero-order valence-electron chi connectivity index (χ0n) is 15.6. The minimum Gasteiger partial charge on any atom is -0.342 e. The molecule has 5 N–H and O–H groups in total. The average molecular weight is 375 g/mol. The fraction of sp³-hybridized carbons (Fsp3) is 0.688. The number of aromatic amines is 1. The van der Waals surface area contributed by atoms with Crippen molar-refractivity contribution >= 4 is 5.91 Å². The van der Waals surface area contributed by atoms with E-state index >= 15 is 0 Å². The summed E-state index contributed by atoms with van der Waals surface area (Å²) in [5.74, 6) is 1.18. The Bertz CT molecular complexity index is 782. The molecule has 1 amide bonds. The van der Waals surface area contributed by atoms with E-state index in [0.717, 1.165) is 19.5 Å². The van der Waals surface area contributed by atoms with Gasteiger partial charge < -0.3 is 15.2 Å². The maximum absolute atomic E-state index is 13.0. The lowest BCUT2D eigenvalue weighted by molar-refractivity contribution is -0.125. The second-order valence-electron chi connectivity index (χ2n) is 8.13. The number of rotatable bonds is 4. The second-order valence-corrected chi connectivity index (χ2v) is 8.13. The van der Waals surface area contributed by atoms with Crippen LogP contribution < -0.4 is 21.5 Å². The summed E-state index contributed by atoms with van der Waals surface area (Å²) in [6, 6.07) is -0.451. The number of nitrogens with one attached hydrogen (secondary N) is 5. The molecule has 0 aromatic carbocycles. The predicted octanol–water partition coefficient (Wildman–Crippen LogP) is -0.487. The highest BCUT2D eigenvalue weighted by atomic mass is 16.5. The lowest BCUT2D eigenvalue weighted by Crippen LogP contribution is -2.51. The Morgan fingerprint density at radius 2 is 2.22 bits per heavy atom. The number of fused-ring (bicyclic) bond motifs is 1. The summed E-state index contributed by atoms with van der Waals surface area (Å²) in [5, 5.41) is 16.9. The van der Waals surface area contributed by atoms with E-state index in [4.69, 9.17) is 4.52 Å². The average Bonchev–Trinajstić information content (AvgIpc) is 3.37. The summed E-state index contributed by atoms with van der Waals surface area (Å²) in [6.07, 6.45) is 2.37. The van der Waals surface area contributed by atoms with Gasteiger partial charge in [0.15, 0.2) is 5.82 Å². The molecule has 4 atom stereocenters. The normalized spacial score (nSPS) is 26.6. The molecule has 4 unspecified atom stereocenters. The van der Waals surface area contributed by atoms with Gasteiger partial charge in [0, 0.05) is 18.5 Å². The van der Waals surface area contributed by atoms with Crippen LogP contribution in [0.2, 0.25) is 0 Å². The highest BCUT2D eigenvalue weighted by molar-refractivity contribution is 5.83. The zero-order chi connectivity index (χ0) is 19.0. The molecule has 0 radical (unpaired) electrons. The highest BCUT2D eigenvalue weighted by Gasteiger charge is 2.43. The van der Waals surface area contributed by atoms with Crippen molar-refractivity contribution in [3.63, 3.8) is 0 Å². The zero-order valence-corrected chi connectivity index (χ0v) is 15.6. The Morgan fingerprint density at radius 3 is 2.96 bits per heavy atom. The molecule has 146 valence electrons. The second kappa shape index (κ2) is 6.98. The number of H-pyrrole nitrogens is 1. The molecule has 2 aliphatic heterocycles. The van der Waals surface area contributed by atoms with Gasteiger partial charge >= 0.3 is 0 Å². The SMILES string of the molecule is CC(C)(C)C(NC(=O)C1NNC2CCNCC21)c1nc(-c2ncn[nH]2)no1. The molecule has 0 aliphatic carbocycles. The smallest absolute Gasteiger partial charge is 0.250 e. The van der Waals surface area contributed by atoms with Gasteiger partial charge in [0.1, 0.15) is 18.4 Å². The van der Waals surface area contributed by atoms with Crippen LogP contribution in [-0.4, -0.2) is 56.4 Å². The van der Waals surface area contributed by atoms with Gasteiger partial charge in [-0.2, -0.15) is 10.1 Å². The van der Waals surface area contributed by atoms with Crippen LogP contribution in [-0.2, 0) is 4.79 Å². The summed E-state index contributed by atoms with van der Waals surface area (Å²) in [5.41, 5.74) is 6.06. The number of carbonyl (C=O) groups excluding carboxylic acids is 1.